The van der Waals surface area contributed by atoms with Crippen LogP contribution in [0, 0.1) is 0 Å². The SMILES string of the molecule is C[C@H](NC(=O)c1cccc(O)c1O)C(=O)N[C@@H](Cc1ccccc1)C(=O)O. The van der Waals surface area contributed by atoms with Gasteiger partial charge in [-0.1, -0.05) is 36.4 Å². The average Bonchev–Trinajstić information content (AvgIpc) is 2.63. The van der Waals surface area contributed by atoms with Crippen molar-refractivity contribution in [3.8, 4) is 11.5 Å². The van der Waals surface area contributed by atoms with Gasteiger partial charge in [-0.25, -0.2) is 4.79 Å². The summed E-state index contributed by atoms with van der Waals surface area (Å²) in [6.45, 7) is 1.38. The first-order valence-electron chi connectivity index (χ1n) is 8.18. The van der Waals surface area contributed by atoms with E-state index in [4.69, 9.17) is 0 Å². The normalized spacial score (nSPS) is 12.6. The van der Waals surface area contributed by atoms with Gasteiger partial charge in [0.2, 0.25) is 5.91 Å². The molecule has 0 unspecified atom stereocenters. The molecule has 0 aromatic heterocycles. The third-order valence-corrected chi connectivity index (χ3v) is 3.90. The van der Waals surface area contributed by atoms with Gasteiger partial charge >= 0.3 is 5.97 Å². The smallest absolute Gasteiger partial charge is 0.326 e. The summed E-state index contributed by atoms with van der Waals surface area (Å²) in [7, 11) is 0. The van der Waals surface area contributed by atoms with Crippen molar-refractivity contribution in [3.05, 3.63) is 59.7 Å². The standard InChI is InChI=1S/C19H20N2O6/c1-11(20-18(25)13-8-5-9-15(22)16(13)23)17(24)21-14(19(26)27)10-12-6-3-2-4-7-12/h2-9,11,14,22-23H,10H2,1H3,(H,20,25)(H,21,24)(H,26,27)/t11-,14-/m0/s1. The first-order valence-corrected chi connectivity index (χ1v) is 8.18. The van der Waals surface area contributed by atoms with Gasteiger partial charge in [0.05, 0.1) is 5.56 Å². The van der Waals surface area contributed by atoms with Crippen LogP contribution in [-0.4, -0.2) is 45.2 Å². The predicted molar refractivity (Wildman–Crippen MR) is 96.4 cm³/mol. The molecule has 8 nitrogen and oxygen atoms in total. The zero-order valence-electron chi connectivity index (χ0n) is 14.5. The molecule has 2 atom stereocenters. The molecule has 2 aromatic carbocycles. The molecule has 142 valence electrons. The Hall–Kier alpha value is -3.55. The molecule has 2 amide bonds. The van der Waals surface area contributed by atoms with E-state index in [2.05, 4.69) is 10.6 Å². The summed E-state index contributed by atoms with van der Waals surface area (Å²) < 4.78 is 0. The van der Waals surface area contributed by atoms with Gasteiger partial charge in [0.1, 0.15) is 12.1 Å². The number of nitrogens with one attached hydrogen (secondary N) is 2. The second-order valence-corrected chi connectivity index (χ2v) is 5.96. The highest BCUT2D eigenvalue weighted by atomic mass is 16.4. The fraction of sp³-hybridized carbons (Fsp3) is 0.211. The molecule has 0 saturated carbocycles. The molecule has 8 heteroatoms. The molecule has 5 N–H and O–H groups in total. The summed E-state index contributed by atoms with van der Waals surface area (Å²) in [5, 5.41) is 33.2. The molecule has 0 aliphatic rings. The topological polar surface area (TPSA) is 136 Å². The zero-order valence-corrected chi connectivity index (χ0v) is 14.5. The Balaban J connectivity index is 2.01. The number of hydrogen-bond acceptors (Lipinski definition) is 5. The maximum absolute atomic E-state index is 12.3. The summed E-state index contributed by atoms with van der Waals surface area (Å²) >= 11 is 0. The van der Waals surface area contributed by atoms with Crippen molar-refractivity contribution < 1.29 is 29.7 Å². The third-order valence-electron chi connectivity index (χ3n) is 3.90. The highest BCUT2D eigenvalue weighted by molar-refractivity contribution is 6.00. The minimum Gasteiger partial charge on any atom is -0.504 e. The lowest BCUT2D eigenvalue weighted by atomic mass is 10.1. The van der Waals surface area contributed by atoms with E-state index < -0.39 is 41.4 Å². The van der Waals surface area contributed by atoms with Gasteiger partial charge in [-0.3, -0.25) is 9.59 Å². The molecule has 0 spiro atoms. The lowest BCUT2D eigenvalue weighted by Gasteiger charge is -2.19. The number of rotatable bonds is 7. The Kier molecular flexibility index (Phi) is 6.37. The number of phenolic OH excluding ortho intramolecular Hbond substituents is 2. The first kappa shape index (κ1) is 19.8. The molecular formula is C19H20N2O6. The van der Waals surface area contributed by atoms with Crippen LogP contribution in [0.2, 0.25) is 0 Å². The van der Waals surface area contributed by atoms with Crippen LogP contribution < -0.4 is 10.6 Å². The van der Waals surface area contributed by atoms with Crippen molar-refractivity contribution in [2.45, 2.75) is 25.4 Å². The first-order chi connectivity index (χ1) is 12.8. The molecule has 0 aliphatic carbocycles. The molecule has 27 heavy (non-hydrogen) atoms. The Morgan fingerprint density at radius 1 is 0.963 bits per heavy atom. The van der Waals surface area contributed by atoms with E-state index in [0.29, 0.717) is 0 Å². The van der Waals surface area contributed by atoms with Gasteiger partial charge < -0.3 is 26.0 Å². The number of aliphatic carboxylic acids is 1. The summed E-state index contributed by atoms with van der Waals surface area (Å²) in [5.74, 6) is -3.73. The van der Waals surface area contributed by atoms with Crippen molar-refractivity contribution in [1.29, 1.82) is 0 Å². The largest absolute Gasteiger partial charge is 0.504 e. The van der Waals surface area contributed by atoms with Crippen LogP contribution in [0.25, 0.3) is 0 Å². The predicted octanol–water partition coefficient (Wildman–Crippen LogP) is 1.03. The molecule has 0 bridgehead atoms. The number of carboxylic acids is 1. The third kappa shape index (κ3) is 5.21. The van der Waals surface area contributed by atoms with E-state index in [-0.39, 0.29) is 12.0 Å². The fourth-order valence-electron chi connectivity index (χ4n) is 2.40. The van der Waals surface area contributed by atoms with Gasteiger partial charge in [0.15, 0.2) is 11.5 Å². The highest BCUT2D eigenvalue weighted by Gasteiger charge is 2.25. The van der Waals surface area contributed by atoms with Crippen molar-refractivity contribution >= 4 is 17.8 Å². The summed E-state index contributed by atoms with van der Waals surface area (Å²) in [4.78, 5) is 35.9. The number of carboxylic acid groups (broad SMARTS) is 1. The number of carbonyl (C=O) groups excluding carboxylic acids is 2. The van der Waals surface area contributed by atoms with Crippen LogP contribution >= 0.6 is 0 Å². The maximum atomic E-state index is 12.3. The Labute approximate surface area is 155 Å². The van der Waals surface area contributed by atoms with Crippen molar-refractivity contribution in [2.75, 3.05) is 0 Å². The van der Waals surface area contributed by atoms with Crippen LogP contribution in [0.15, 0.2) is 48.5 Å². The molecule has 0 aliphatic heterocycles. The van der Waals surface area contributed by atoms with Crippen LogP contribution in [0.3, 0.4) is 0 Å². The van der Waals surface area contributed by atoms with Crippen LogP contribution in [0.1, 0.15) is 22.8 Å². The van der Waals surface area contributed by atoms with Crippen LogP contribution in [0.5, 0.6) is 11.5 Å². The highest BCUT2D eigenvalue weighted by Crippen LogP contribution is 2.27. The van der Waals surface area contributed by atoms with E-state index in [0.717, 1.165) is 5.56 Å². The molecule has 0 heterocycles. The lowest BCUT2D eigenvalue weighted by molar-refractivity contribution is -0.142. The quantitative estimate of drug-likeness (QED) is 0.461. The van der Waals surface area contributed by atoms with E-state index in [1.54, 1.807) is 30.3 Å². The Bertz CT molecular complexity index is 837. The van der Waals surface area contributed by atoms with E-state index in [9.17, 15) is 29.7 Å². The monoisotopic (exact) mass is 372 g/mol. The average molecular weight is 372 g/mol. The number of para-hydroxylation sites is 1. The van der Waals surface area contributed by atoms with Crippen LogP contribution in [-0.2, 0) is 16.0 Å². The second kappa shape index (κ2) is 8.70. The van der Waals surface area contributed by atoms with Gasteiger partial charge in [-0.05, 0) is 24.6 Å². The number of hydrogen-bond donors (Lipinski definition) is 5. The minimum atomic E-state index is -1.20. The van der Waals surface area contributed by atoms with Crippen molar-refractivity contribution in [1.82, 2.24) is 10.6 Å². The van der Waals surface area contributed by atoms with Gasteiger partial charge in [-0.15, -0.1) is 0 Å². The minimum absolute atomic E-state index is 0.0932. The summed E-state index contributed by atoms with van der Waals surface area (Å²) in [6, 6.07) is 10.5. The van der Waals surface area contributed by atoms with Gasteiger partial charge in [0.25, 0.3) is 5.91 Å². The molecular weight excluding hydrogens is 352 g/mol. The van der Waals surface area contributed by atoms with Crippen molar-refractivity contribution in [2.24, 2.45) is 0 Å². The molecule has 0 saturated heterocycles. The van der Waals surface area contributed by atoms with Gasteiger partial charge in [-0.2, -0.15) is 0 Å². The Morgan fingerprint density at radius 3 is 2.26 bits per heavy atom. The Morgan fingerprint density at radius 2 is 1.63 bits per heavy atom. The number of carbonyl (C=O) groups is 3. The van der Waals surface area contributed by atoms with E-state index in [1.807, 2.05) is 0 Å². The summed E-state index contributed by atoms with van der Waals surface area (Å²) in [5.41, 5.74) is 0.542. The summed E-state index contributed by atoms with van der Waals surface area (Å²) in [6.07, 6.45) is 0.0932. The van der Waals surface area contributed by atoms with E-state index >= 15 is 0 Å². The molecule has 0 fully saturated rings. The number of amides is 2. The molecule has 0 radical (unpaired) electrons. The zero-order chi connectivity index (χ0) is 20.0. The number of phenols is 2. The van der Waals surface area contributed by atoms with Gasteiger partial charge in [0, 0.05) is 6.42 Å². The maximum Gasteiger partial charge on any atom is 0.326 e. The second-order valence-electron chi connectivity index (χ2n) is 5.96. The van der Waals surface area contributed by atoms with E-state index in [1.165, 1.54) is 25.1 Å². The number of benzene rings is 2. The molecule has 2 rings (SSSR count). The van der Waals surface area contributed by atoms with Crippen molar-refractivity contribution in [3.63, 3.8) is 0 Å². The lowest BCUT2D eigenvalue weighted by Crippen LogP contribution is -2.51. The number of aromatic hydroxyl groups is 2. The fourth-order valence-corrected chi connectivity index (χ4v) is 2.40. The molecule has 2 aromatic rings. The van der Waals surface area contributed by atoms with Crippen LogP contribution in [0.4, 0.5) is 0 Å².